The maximum absolute atomic E-state index is 3.33. The van der Waals surface area contributed by atoms with E-state index in [1.807, 2.05) is 0 Å². The minimum Gasteiger partial charge on any atom is -0.361 e. The Kier molecular flexibility index (Phi) is 2.49. The Bertz CT molecular complexity index is 522. The first-order chi connectivity index (χ1) is 7.93. The second-order valence-electron chi connectivity index (χ2n) is 4.47. The van der Waals surface area contributed by atoms with Crippen LogP contribution in [-0.2, 0) is 6.42 Å². The molecule has 0 fully saturated rings. The molecule has 2 heteroatoms. The molecule has 0 saturated heterocycles. The van der Waals surface area contributed by atoms with Crippen molar-refractivity contribution in [1.82, 2.24) is 4.98 Å². The van der Waals surface area contributed by atoms with E-state index in [2.05, 4.69) is 46.2 Å². The van der Waals surface area contributed by atoms with Crippen molar-refractivity contribution in [3.8, 4) is 0 Å². The van der Waals surface area contributed by atoms with Crippen LogP contribution in [0.5, 0.6) is 0 Å². The summed E-state index contributed by atoms with van der Waals surface area (Å²) >= 11 is 0. The van der Waals surface area contributed by atoms with Gasteiger partial charge in [-0.1, -0.05) is 18.2 Å². The quantitative estimate of drug-likeness (QED) is 0.756. The number of hydrogen-bond donors (Lipinski definition) is 1. The molecule has 1 aliphatic rings. The second kappa shape index (κ2) is 4.12. The molecule has 2 aromatic rings. The van der Waals surface area contributed by atoms with E-state index in [0.717, 1.165) is 13.0 Å². The van der Waals surface area contributed by atoms with Crippen LogP contribution in [0.4, 0.5) is 0 Å². The van der Waals surface area contributed by atoms with E-state index < -0.39 is 0 Å². The molecule has 0 amide bonds. The van der Waals surface area contributed by atoms with E-state index in [-0.39, 0.29) is 0 Å². The van der Waals surface area contributed by atoms with Crippen LogP contribution in [-0.4, -0.2) is 28.9 Å². The van der Waals surface area contributed by atoms with Gasteiger partial charge in [-0.3, -0.25) is 0 Å². The highest BCUT2D eigenvalue weighted by Gasteiger charge is 2.11. The summed E-state index contributed by atoms with van der Waals surface area (Å²) in [5, 5.41) is 1.38. The van der Waals surface area contributed by atoms with Crippen molar-refractivity contribution in [2.75, 3.05) is 13.1 Å². The summed E-state index contributed by atoms with van der Waals surface area (Å²) in [4.78, 5) is 3.33. The third kappa shape index (κ3) is 1.75. The van der Waals surface area contributed by atoms with Gasteiger partial charge in [-0.2, -0.15) is 0 Å². The number of para-hydroxylation sites is 1. The zero-order valence-corrected chi connectivity index (χ0v) is 9.45. The molecule has 0 bridgehead atoms. The predicted molar refractivity (Wildman–Crippen MR) is 67.3 cm³/mol. The highest BCUT2D eigenvalue weighted by Crippen LogP contribution is 2.18. The van der Waals surface area contributed by atoms with Crippen molar-refractivity contribution in [1.29, 1.82) is 0 Å². The lowest BCUT2D eigenvalue weighted by Gasteiger charge is -1.98. The van der Waals surface area contributed by atoms with Crippen LogP contribution in [0.25, 0.3) is 10.9 Å². The van der Waals surface area contributed by atoms with Crippen molar-refractivity contribution in [2.24, 2.45) is 0 Å². The van der Waals surface area contributed by atoms with E-state index in [4.69, 9.17) is 0 Å². The number of benzene rings is 1. The van der Waals surface area contributed by atoms with E-state index in [1.165, 1.54) is 35.9 Å². The number of H-pyrrole nitrogens is 1. The van der Waals surface area contributed by atoms with Gasteiger partial charge < -0.3 is 4.98 Å². The van der Waals surface area contributed by atoms with Crippen molar-refractivity contribution < 1.29 is 4.58 Å². The number of nitrogens with one attached hydrogen (secondary N) is 1. The Hall–Kier alpha value is -1.57. The summed E-state index contributed by atoms with van der Waals surface area (Å²) in [6.45, 7) is 2.39. The van der Waals surface area contributed by atoms with Crippen LogP contribution in [0.15, 0.2) is 30.5 Å². The Morgan fingerprint density at radius 2 is 2.19 bits per heavy atom. The molecular formula is C14H17N2+. The summed E-state index contributed by atoms with van der Waals surface area (Å²) in [6.07, 6.45) is 8.22. The smallest absolute Gasteiger partial charge is 0.146 e. The molecule has 3 rings (SSSR count). The van der Waals surface area contributed by atoms with E-state index in [1.54, 1.807) is 0 Å². The fourth-order valence-electron chi connectivity index (χ4n) is 2.47. The first-order valence-electron chi connectivity index (χ1n) is 6.06. The molecule has 1 N–H and O–H groups in total. The van der Waals surface area contributed by atoms with Crippen LogP contribution in [0.1, 0.15) is 18.4 Å². The number of aromatic nitrogens is 1. The van der Waals surface area contributed by atoms with Gasteiger partial charge in [0.15, 0.2) is 0 Å². The molecule has 0 unspecified atom stereocenters. The number of aromatic amines is 1. The molecule has 0 radical (unpaired) electrons. The third-order valence-electron chi connectivity index (χ3n) is 3.38. The molecule has 1 aromatic heterocycles. The predicted octanol–water partition coefficient (Wildman–Crippen LogP) is 2.59. The maximum atomic E-state index is 3.33. The van der Waals surface area contributed by atoms with Crippen molar-refractivity contribution >= 4 is 17.1 Å². The highest BCUT2D eigenvalue weighted by molar-refractivity contribution is 5.83. The summed E-state index contributed by atoms with van der Waals surface area (Å²) in [6, 6.07) is 8.54. The Morgan fingerprint density at radius 3 is 3.06 bits per heavy atom. The molecule has 2 heterocycles. The fourth-order valence-corrected chi connectivity index (χ4v) is 2.47. The van der Waals surface area contributed by atoms with Crippen molar-refractivity contribution in [2.45, 2.75) is 19.3 Å². The topological polar surface area (TPSA) is 18.8 Å². The summed E-state index contributed by atoms with van der Waals surface area (Å²) in [7, 11) is 0. The second-order valence-corrected chi connectivity index (χ2v) is 4.47. The molecule has 1 aliphatic heterocycles. The zero-order valence-electron chi connectivity index (χ0n) is 9.45. The number of fused-ring (bicyclic) bond motifs is 1. The number of rotatable bonds is 3. The average molecular weight is 213 g/mol. The standard InChI is InChI=1S/C14H17N2/c1-2-6-14-13(5-1)12(11-15-14)7-10-16-8-3-4-9-16/h1-2,5-6,8,11,15H,3-4,7,9-10H2/q+1. The molecule has 0 atom stereocenters. The lowest BCUT2D eigenvalue weighted by atomic mass is 10.1. The molecule has 1 aromatic carbocycles. The molecule has 82 valence electrons. The average Bonchev–Trinajstić information content (AvgIpc) is 2.96. The molecular weight excluding hydrogens is 196 g/mol. The third-order valence-corrected chi connectivity index (χ3v) is 3.38. The SMILES string of the molecule is C1=[N+](CCc2c[nH]c3ccccc23)CCC1. The number of nitrogens with zero attached hydrogens (tertiary/aromatic N) is 1. The minimum absolute atomic E-state index is 1.14. The van der Waals surface area contributed by atoms with Gasteiger partial charge in [0, 0.05) is 36.4 Å². The Balaban J connectivity index is 1.78. The fraction of sp³-hybridized carbons (Fsp3) is 0.357. The Morgan fingerprint density at radius 1 is 1.25 bits per heavy atom. The van der Waals surface area contributed by atoms with Crippen LogP contribution >= 0.6 is 0 Å². The first kappa shape index (κ1) is 9.64. The largest absolute Gasteiger partial charge is 0.361 e. The minimum atomic E-state index is 1.14. The van der Waals surface area contributed by atoms with Gasteiger partial charge in [0.2, 0.25) is 0 Å². The summed E-state index contributed by atoms with van der Waals surface area (Å²) < 4.78 is 2.45. The molecule has 0 saturated carbocycles. The van der Waals surface area contributed by atoms with Gasteiger partial charge in [0.25, 0.3) is 0 Å². The van der Waals surface area contributed by atoms with Crippen LogP contribution in [0.3, 0.4) is 0 Å². The van der Waals surface area contributed by atoms with Gasteiger partial charge in [-0.25, -0.2) is 4.58 Å². The lowest BCUT2D eigenvalue weighted by Crippen LogP contribution is -2.12. The maximum Gasteiger partial charge on any atom is 0.146 e. The normalized spacial score (nSPS) is 15.6. The lowest BCUT2D eigenvalue weighted by molar-refractivity contribution is -0.515. The first-order valence-corrected chi connectivity index (χ1v) is 6.06. The van der Waals surface area contributed by atoms with Crippen LogP contribution in [0.2, 0.25) is 0 Å². The molecule has 2 nitrogen and oxygen atoms in total. The summed E-state index contributed by atoms with van der Waals surface area (Å²) in [5.41, 5.74) is 2.69. The molecule has 16 heavy (non-hydrogen) atoms. The monoisotopic (exact) mass is 213 g/mol. The van der Waals surface area contributed by atoms with Crippen LogP contribution in [0, 0.1) is 0 Å². The van der Waals surface area contributed by atoms with Gasteiger partial charge in [-0.15, -0.1) is 0 Å². The van der Waals surface area contributed by atoms with E-state index in [0.29, 0.717) is 0 Å². The molecule has 0 spiro atoms. The highest BCUT2D eigenvalue weighted by atomic mass is 15.0. The summed E-state index contributed by atoms with van der Waals surface area (Å²) in [5.74, 6) is 0. The van der Waals surface area contributed by atoms with Crippen LogP contribution < -0.4 is 0 Å². The van der Waals surface area contributed by atoms with Gasteiger partial charge >= 0.3 is 0 Å². The van der Waals surface area contributed by atoms with Gasteiger partial charge in [0.05, 0.1) is 0 Å². The van der Waals surface area contributed by atoms with Crippen molar-refractivity contribution in [3.63, 3.8) is 0 Å². The van der Waals surface area contributed by atoms with E-state index in [9.17, 15) is 0 Å². The number of hydrogen-bond acceptors (Lipinski definition) is 0. The molecule has 0 aliphatic carbocycles. The van der Waals surface area contributed by atoms with Gasteiger partial charge in [-0.05, 0) is 11.6 Å². The zero-order chi connectivity index (χ0) is 10.8. The van der Waals surface area contributed by atoms with E-state index >= 15 is 0 Å². The van der Waals surface area contributed by atoms with Crippen molar-refractivity contribution in [3.05, 3.63) is 36.0 Å². The Labute approximate surface area is 95.6 Å². The van der Waals surface area contributed by atoms with Gasteiger partial charge in [0.1, 0.15) is 19.3 Å².